The maximum absolute atomic E-state index is 13.9. The first kappa shape index (κ1) is 20.4. The number of carbonyl (C=O) groups is 1. The van der Waals surface area contributed by atoms with Gasteiger partial charge in [0.2, 0.25) is 15.9 Å². The summed E-state index contributed by atoms with van der Waals surface area (Å²) < 4.78 is 54.1. The van der Waals surface area contributed by atoms with Crippen molar-refractivity contribution in [1.29, 1.82) is 0 Å². The van der Waals surface area contributed by atoms with Crippen LogP contribution in [0.5, 0.6) is 0 Å². The smallest absolute Gasteiger partial charge is 0.246 e. The summed E-state index contributed by atoms with van der Waals surface area (Å²) in [6, 6.07) is 10.6. The van der Waals surface area contributed by atoms with Crippen LogP contribution >= 0.6 is 0 Å². The molecule has 0 bridgehead atoms. The number of hydrogen-bond acceptors (Lipinski definition) is 4. The fourth-order valence-electron chi connectivity index (χ4n) is 3.09. The molecule has 0 radical (unpaired) electrons. The number of halogens is 2. The molecule has 1 heterocycles. The summed E-state index contributed by atoms with van der Waals surface area (Å²) in [4.78, 5) is 13.9. The fraction of sp³-hybridized carbons (Fsp3) is 0.316. The van der Waals surface area contributed by atoms with E-state index >= 15 is 0 Å². The van der Waals surface area contributed by atoms with Crippen LogP contribution in [-0.2, 0) is 14.8 Å². The Morgan fingerprint density at radius 3 is 2.14 bits per heavy atom. The number of sulfonamides is 1. The summed E-state index contributed by atoms with van der Waals surface area (Å²) in [5, 5.41) is 2.54. The molecule has 6 nitrogen and oxygen atoms in total. The van der Waals surface area contributed by atoms with Crippen molar-refractivity contribution in [3.05, 3.63) is 60.2 Å². The fourth-order valence-corrected chi connectivity index (χ4v) is 4.58. The molecule has 28 heavy (non-hydrogen) atoms. The largest absolute Gasteiger partial charge is 0.322 e. The molecule has 1 aliphatic heterocycles. The Bertz CT molecular complexity index is 960. The van der Waals surface area contributed by atoms with Crippen LogP contribution in [0, 0.1) is 11.6 Å². The first-order valence-electron chi connectivity index (χ1n) is 8.85. The van der Waals surface area contributed by atoms with E-state index in [1.54, 1.807) is 13.0 Å². The summed E-state index contributed by atoms with van der Waals surface area (Å²) in [5.74, 6) is -1.69. The van der Waals surface area contributed by atoms with E-state index in [1.807, 2.05) is 4.90 Å². The van der Waals surface area contributed by atoms with Crippen LogP contribution in [0.2, 0.25) is 0 Å². The maximum atomic E-state index is 13.9. The van der Waals surface area contributed by atoms with Crippen LogP contribution in [0.25, 0.3) is 0 Å². The Morgan fingerprint density at radius 1 is 0.964 bits per heavy atom. The van der Waals surface area contributed by atoms with Gasteiger partial charge in [0.25, 0.3) is 0 Å². The topological polar surface area (TPSA) is 69.7 Å². The standard InChI is InChI=1S/C19H21F2N3O3S/c1-14(19(25)22-17-8-4-2-6-15(17)20)23-10-12-24(13-11-23)28(26,27)18-9-5-3-7-16(18)21/h2-9,14H,10-13H2,1H3,(H,22,25)/t14-/m1/s1. The molecule has 1 aliphatic rings. The van der Waals surface area contributed by atoms with E-state index in [9.17, 15) is 22.0 Å². The molecule has 1 N–H and O–H groups in total. The molecule has 1 amide bonds. The average Bonchev–Trinajstić information content (AvgIpc) is 2.69. The highest BCUT2D eigenvalue weighted by Gasteiger charge is 2.33. The van der Waals surface area contributed by atoms with Crippen LogP contribution in [-0.4, -0.2) is 55.8 Å². The molecule has 0 spiro atoms. The SMILES string of the molecule is C[C@H](C(=O)Nc1ccccc1F)N1CCN(S(=O)(=O)c2ccccc2F)CC1. The summed E-state index contributed by atoms with van der Waals surface area (Å²) >= 11 is 0. The molecule has 150 valence electrons. The Kier molecular flexibility index (Phi) is 6.07. The highest BCUT2D eigenvalue weighted by Crippen LogP contribution is 2.21. The van der Waals surface area contributed by atoms with Crippen molar-refractivity contribution in [3.8, 4) is 0 Å². The maximum Gasteiger partial charge on any atom is 0.246 e. The minimum absolute atomic E-state index is 0.0973. The number of nitrogens with one attached hydrogen (secondary N) is 1. The zero-order valence-corrected chi connectivity index (χ0v) is 16.1. The molecule has 0 unspecified atom stereocenters. The van der Waals surface area contributed by atoms with Gasteiger partial charge in [-0.25, -0.2) is 17.2 Å². The van der Waals surface area contributed by atoms with E-state index in [4.69, 9.17) is 0 Å². The Hall–Kier alpha value is -2.36. The highest BCUT2D eigenvalue weighted by molar-refractivity contribution is 7.89. The minimum Gasteiger partial charge on any atom is -0.322 e. The van der Waals surface area contributed by atoms with Gasteiger partial charge in [-0.05, 0) is 31.2 Å². The van der Waals surface area contributed by atoms with E-state index in [0.29, 0.717) is 13.1 Å². The average molecular weight is 409 g/mol. The van der Waals surface area contributed by atoms with Gasteiger partial charge in [0, 0.05) is 26.2 Å². The van der Waals surface area contributed by atoms with E-state index in [1.165, 1.54) is 40.7 Å². The predicted molar refractivity (Wildman–Crippen MR) is 101 cm³/mol. The molecule has 0 saturated carbocycles. The van der Waals surface area contributed by atoms with Crippen LogP contribution in [0.1, 0.15) is 6.92 Å². The monoisotopic (exact) mass is 409 g/mol. The first-order chi connectivity index (χ1) is 13.3. The van der Waals surface area contributed by atoms with Gasteiger partial charge < -0.3 is 5.32 Å². The number of carbonyl (C=O) groups excluding carboxylic acids is 1. The molecule has 1 atom stereocenters. The second-order valence-corrected chi connectivity index (χ2v) is 8.42. The van der Waals surface area contributed by atoms with Crippen LogP contribution in [0.4, 0.5) is 14.5 Å². The molecule has 1 saturated heterocycles. The van der Waals surface area contributed by atoms with E-state index < -0.39 is 27.7 Å². The van der Waals surface area contributed by atoms with Crippen molar-refractivity contribution in [1.82, 2.24) is 9.21 Å². The zero-order chi connectivity index (χ0) is 20.3. The van der Waals surface area contributed by atoms with Crippen LogP contribution < -0.4 is 5.32 Å². The van der Waals surface area contributed by atoms with Gasteiger partial charge in [0.1, 0.15) is 16.5 Å². The lowest BCUT2D eigenvalue weighted by Gasteiger charge is -2.36. The summed E-state index contributed by atoms with van der Waals surface area (Å²) in [7, 11) is -3.93. The molecule has 9 heteroatoms. The number of piperazine rings is 1. The number of hydrogen-bond donors (Lipinski definition) is 1. The van der Waals surface area contributed by atoms with Gasteiger partial charge in [-0.1, -0.05) is 24.3 Å². The second-order valence-electron chi connectivity index (χ2n) is 6.52. The summed E-state index contributed by atoms with van der Waals surface area (Å²) in [6.07, 6.45) is 0. The summed E-state index contributed by atoms with van der Waals surface area (Å²) in [5.41, 5.74) is 0.0973. The third kappa shape index (κ3) is 4.21. The van der Waals surface area contributed by atoms with Gasteiger partial charge in [-0.15, -0.1) is 0 Å². The lowest BCUT2D eigenvalue weighted by molar-refractivity contribution is -0.121. The van der Waals surface area contributed by atoms with E-state index in [-0.39, 0.29) is 29.6 Å². The molecule has 3 rings (SSSR count). The molecular weight excluding hydrogens is 388 g/mol. The number of amides is 1. The first-order valence-corrected chi connectivity index (χ1v) is 10.3. The van der Waals surface area contributed by atoms with Crippen molar-refractivity contribution < 1.29 is 22.0 Å². The van der Waals surface area contributed by atoms with Gasteiger partial charge in [0.05, 0.1) is 11.7 Å². The van der Waals surface area contributed by atoms with Gasteiger partial charge in [-0.2, -0.15) is 4.31 Å². The van der Waals surface area contributed by atoms with Crippen molar-refractivity contribution in [3.63, 3.8) is 0 Å². The van der Waals surface area contributed by atoms with Crippen molar-refractivity contribution in [2.75, 3.05) is 31.5 Å². The zero-order valence-electron chi connectivity index (χ0n) is 15.3. The molecule has 1 fully saturated rings. The Labute approximate surface area is 162 Å². The van der Waals surface area contributed by atoms with Crippen LogP contribution in [0.15, 0.2) is 53.4 Å². The van der Waals surface area contributed by atoms with Crippen LogP contribution in [0.3, 0.4) is 0 Å². The lowest BCUT2D eigenvalue weighted by Crippen LogP contribution is -2.54. The number of rotatable bonds is 5. The number of nitrogens with zero attached hydrogens (tertiary/aromatic N) is 2. The highest BCUT2D eigenvalue weighted by atomic mass is 32.2. The quantitative estimate of drug-likeness (QED) is 0.823. The summed E-state index contributed by atoms with van der Waals surface area (Å²) in [6.45, 7) is 2.55. The molecule has 2 aromatic carbocycles. The lowest BCUT2D eigenvalue weighted by atomic mass is 10.2. The molecule has 0 aliphatic carbocycles. The van der Waals surface area contributed by atoms with Gasteiger partial charge >= 0.3 is 0 Å². The van der Waals surface area contributed by atoms with Gasteiger partial charge in [0.15, 0.2) is 0 Å². The van der Waals surface area contributed by atoms with E-state index in [2.05, 4.69) is 5.32 Å². The molecular formula is C19H21F2N3O3S. The Balaban J connectivity index is 1.62. The third-order valence-corrected chi connectivity index (χ3v) is 6.72. The van der Waals surface area contributed by atoms with Crippen molar-refractivity contribution in [2.45, 2.75) is 17.9 Å². The number of para-hydroxylation sites is 1. The van der Waals surface area contributed by atoms with Crippen molar-refractivity contribution >= 4 is 21.6 Å². The van der Waals surface area contributed by atoms with E-state index in [0.717, 1.165) is 6.07 Å². The predicted octanol–water partition coefficient (Wildman–Crippen LogP) is 2.30. The number of anilines is 1. The molecule has 0 aromatic heterocycles. The minimum atomic E-state index is -3.93. The third-order valence-electron chi connectivity index (χ3n) is 4.79. The second kappa shape index (κ2) is 8.34. The Morgan fingerprint density at radius 2 is 1.54 bits per heavy atom. The number of benzene rings is 2. The van der Waals surface area contributed by atoms with Crippen molar-refractivity contribution in [2.24, 2.45) is 0 Å². The normalized spacial score (nSPS) is 17.2. The van der Waals surface area contributed by atoms with Gasteiger partial charge in [-0.3, -0.25) is 9.69 Å². The molecule has 2 aromatic rings.